The minimum absolute atomic E-state index is 0.117. The Kier molecular flexibility index (Phi) is 2.63. The molecule has 0 fully saturated rings. The fourth-order valence-corrected chi connectivity index (χ4v) is 1.21. The Labute approximate surface area is 92.5 Å². The normalized spacial score (nSPS) is 15.3. The van der Waals surface area contributed by atoms with E-state index in [1.165, 1.54) is 12.3 Å². The lowest BCUT2D eigenvalue weighted by atomic mass is 10.3. The number of pyridine rings is 1. The van der Waals surface area contributed by atoms with Crippen LogP contribution in [-0.4, -0.2) is 23.4 Å². The van der Waals surface area contributed by atoms with Crippen molar-refractivity contribution in [3.63, 3.8) is 0 Å². The van der Waals surface area contributed by atoms with Crippen LogP contribution in [0.4, 0.5) is 4.39 Å². The molecule has 0 radical (unpaired) electrons. The number of nitrogens with one attached hydrogen (secondary N) is 1. The molecule has 1 aliphatic rings. The van der Waals surface area contributed by atoms with E-state index in [1.807, 2.05) is 0 Å². The lowest BCUT2D eigenvalue weighted by Crippen LogP contribution is -2.32. The van der Waals surface area contributed by atoms with Crippen molar-refractivity contribution >= 4 is 27.7 Å². The van der Waals surface area contributed by atoms with Gasteiger partial charge in [-0.1, -0.05) is 0 Å². The lowest BCUT2D eigenvalue weighted by molar-refractivity contribution is -0.124. The molecule has 2 heterocycles. The van der Waals surface area contributed by atoms with E-state index in [0.29, 0.717) is 5.56 Å². The van der Waals surface area contributed by atoms with Crippen LogP contribution in [0.2, 0.25) is 0 Å². The molecule has 0 spiro atoms. The van der Waals surface area contributed by atoms with Gasteiger partial charge in [-0.3, -0.25) is 4.79 Å². The van der Waals surface area contributed by atoms with Crippen LogP contribution < -0.4 is 5.43 Å². The Morgan fingerprint density at radius 3 is 3.00 bits per heavy atom. The molecule has 7 heteroatoms. The summed E-state index contributed by atoms with van der Waals surface area (Å²) in [5, 5.41) is 3.62. The minimum atomic E-state index is -0.518. The third-order valence-electron chi connectivity index (χ3n) is 1.67. The van der Waals surface area contributed by atoms with Gasteiger partial charge in [-0.05, 0) is 22.0 Å². The van der Waals surface area contributed by atoms with Gasteiger partial charge in [0, 0.05) is 6.20 Å². The number of ether oxygens (including phenoxy) is 1. The summed E-state index contributed by atoms with van der Waals surface area (Å²) in [7, 11) is 0. The van der Waals surface area contributed by atoms with Crippen molar-refractivity contribution in [2.75, 3.05) is 6.61 Å². The van der Waals surface area contributed by atoms with Crippen LogP contribution in [0.3, 0.4) is 0 Å². The molecule has 78 valence electrons. The SMILES string of the molecule is O=C1COC(c2cnc(Br)c(F)c2)=NN1. The summed E-state index contributed by atoms with van der Waals surface area (Å²) in [6.07, 6.45) is 1.39. The van der Waals surface area contributed by atoms with E-state index >= 15 is 0 Å². The first-order valence-electron chi connectivity index (χ1n) is 3.97. The monoisotopic (exact) mass is 273 g/mol. The molecule has 0 unspecified atom stereocenters. The van der Waals surface area contributed by atoms with Crippen LogP contribution in [-0.2, 0) is 9.53 Å². The van der Waals surface area contributed by atoms with E-state index in [4.69, 9.17) is 4.74 Å². The van der Waals surface area contributed by atoms with Crippen molar-refractivity contribution in [2.45, 2.75) is 0 Å². The van der Waals surface area contributed by atoms with Gasteiger partial charge < -0.3 is 4.74 Å². The largest absolute Gasteiger partial charge is 0.466 e. The number of aromatic nitrogens is 1. The number of hydrogen-bond acceptors (Lipinski definition) is 4. The average molecular weight is 274 g/mol. The molecule has 1 N–H and O–H groups in total. The van der Waals surface area contributed by atoms with Gasteiger partial charge in [0.15, 0.2) is 12.4 Å². The van der Waals surface area contributed by atoms with Gasteiger partial charge in [-0.15, -0.1) is 5.10 Å². The van der Waals surface area contributed by atoms with Crippen molar-refractivity contribution < 1.29 is 13.9 Å². The molecule has 15 heavy (non-hydrogen) atoms. The molecule has 1 aliphatic heterocycles. The highest BCUT2D eigenvalue weighted by molar-refractivity contribution is 9.10. The molecule has 0 saturated heterocycles. The number of amides is 1. The summed E-state index contributed by atoms with van der Waals surface area (Å²) in [5.74, 6) is -0.714. The van der Waals surface area contributed by atoms with E-state index in [0.717, 1.165) is 0 Å². The zero-order valence-corrected chi connectivity index (χ0v) is 8.91. The standard InChI is InChI=1S/C8H5BrFN3O2/c9-7-5(10)1-4(2-11-7)8-13-12-6(14)3-15-8/h1-2H,3H2,(H,12,14). The van der Waals surface area contributed by atoms with Gasteiger partial charge in [-0.25, -0.2) is 14.8 Å². The van der Waals surface area contributed by atoms with Crippen LogP contribution in [0.1, 0.15) is 5.56 Å². The van der Waals surface area contributed by atoms with E-state index < -0.39 is 5.82 Å². The topological polar surface area (TPSA) is 63.6 Å². The number of carbonyl (C=O) groups is 1. The smallest absolute Gasteiger partial charge is 0.278 e. The fourth-order valence-electron chi connectivity index (χ4n) is 0.998. The number of hydrazone groups is 1. The summed E-state index contributed by atoms with van der Waals surface area (Å²) < 4.78 is 18.2. The van der Waals surface area contributed by atoms with Crippen LogP contribution in [0.25, 0.3) is 0 Å². The van der Waals surface area contributed by atoms with Crippen LogP contribution in [0.15, 0.2) is 22.0 Å². The van der Waals surface area contributed by atoms with Crippen LogP contribution in [0.5, 0.6) is 0 Å². The number of hydrogen-bond donors (Lipinski definition) is 1. The first-order chi connectivity index (χ1) is 7.16. The molecule has 0 bridgehead atoms. The minimum Gasteiger partial charge on any atom is -0.466 e. The van der Waals surface area contributed by atoms with Crippen molar-refractivity contribution in [1.29, 1.82) is 0 Å². The van der Waals surface area contributed by atoms with E-state index in [2.05, 4.69) is 31.4 Å². The Morgan fingerprint density at radius 1 is 1.60 bits per heavy atom. The Bertz CT molecular complexity index is 450. The first-order valence-corrected chi connectivity index (χ1v) is 4.77. The van der Waals surface area contributed by atoms with E-state index in [9.17, 15) is 9.18 Å². The Balaban J connectivity index is 2.30. The predicted molar refractivity (Wildman–Crippen MR) is 52.5 cm³/mol. The molecular weight excluding hydrogens is 269 g/mol. The second kappa shape index (κ2) is 3.93. The predicted octanol–water partition coefficient (Wildman–Crippen LogP) is 0.791. The first kappa shape index (κ1) is 10.0. The summed E-state index contributed by atoms with van der Waals surface area (Å²) in [6, 6.07) is 1.22. The molecule has 5 nitrogen and oxygen atoms in total. The van der Waals surface area contributed by atoms with Gasteiger partial charge in [0.05, 0.1) is 5.56 Å². The van der Waals surface area contributed by atoms with Gasteiger partial charge in [0.1, 0.15) is 4.60 Å². The molecule has 2 rings (SSSR count). The number of rotatable bonds is 1. The van der Waals surface area contributed by atoms with Gasteiger partial charge in [0.2, 0.25) is 5.90 Å². The second-order valence-electron chi connectivity index (χ2n) is 2.74. The maximum Gasteiger partial charge on any atom is 0.278 e. The molecule has 0 saturated carbocycles. The maximum absolute atomic E-state index is 13.1. The lowest BCUT2D eigenvalue weighted by Gasteiger charge is -2.13. The summed E-state index contributed by atoms with van der Waals surface area (Å²) in [6.45, 7) is -0.128. The quantitative estimate of drug-likeness (QED) is 0.770. The van der Waals surface area contributed by atoms with Crippen molar-refractivity contribution in [1.82, 2.24) is 10.4 Å². The van der Waals surface area contributed by atoms with Crippen molar-refractivity contribution in [2.24, 2.45) is 5.10 Å². The summed E-state index contributed by atoms with van der Waals surface area (Å²) in [4.78, 5) is 14.5. The molecular formula is C8H5BrFN3O2. The third-order valence-corrected chi connectivity index (χ3v) is 2.25. The zero-order valence-electron chi connectivity index (χ0n) is 7.33. The molecule has 0 aliphatic carbocycles. The van der Waals surface area contributed by atoms with Gasteiger partial charge >= 0.3 is 0 Å². The average Bonchev–Trinajstić information content (AvgIpc) is 2.23. The zero-order chi connectivity index (χ0) is 10.8. The highest BCUT2D eigenvalue weighted by Gasteiger charge is 2.15. The summed E-state index contributed by atoms with van der Waals surface area (Å²) >= 11 is 2.93. The van der Waals surface area contributed by atoms with Crippen molar-refractivity contribution in [3.05, 3.63) is 28.2 Å². The highest BCUT2D eigenvalue weighted by atomic mass is 79.9. The van der Waals surface area contributed by atoms with E-state index in [1.54, 1.807) is 0 Å². The van der Waals surface area contributed by atoms with Crippen LogP contribution >= 0.6 is 15.9 Å². The molecule has 1 aromatic rings. The molecule has 0 atom stereocenters. The van der Waals surface area contributed by atoms with E-state index in [-0.39, 0.29) is 23.0 Å². The molecule has 1 amide bonds. The fraction of sp³-hybridized carbons (Fsp3) is 0.125. The van der Waals surface area contributed by atoms with Gasteiger partial charge in [-0.2, -0.15) is 0 Å². The molecule has 0 aromatic carbocycles. The Morgan fingerprint density at radius 2 is 2.40 bits per heavy atom. The number of carbonyl (C=O) groups excluding carboxylic acids is 1. The molecule has 1 aromatic heterocycles. The number of nitrogens with zero attached hydrogens (tertiary/aromatic N) is 2. The number of halogens is 2. The van der Waals surface area contributed by atoms with Gasteiger partial charge in [0.25, 0.3) is 5.91 Å². The highest BCUT2D eigenvalue weighted by Crippen LogP contribution is 2.14. The second-order valence-corrected chi connectivity index (χ2v) is 3.49. The van der Waals surface area contributed by atoms with Crippen molar-refractivity contribution in [3.8, 4) is 0 Å². The maximum atomic E-state index is 13.1. The summed E-state index contributed by atoms with van der Waals surface area (Å²) in [5.41, 5.74) is 2.60. The van der Waals surface area contributed by atoms with Crippen LogP contribution in [0, 0.1) is 5.82 Å². The Hall–Kier alpha value is -1.50. The third kappa shape index (κ3) is 2.12.